The summed E-state index contributed by atoms with van der Waals surface area (Å²) in [5.74, 6) is 2.68. The lowest BCUT2D eigenvalue weighted by molar-refractivity contribution is 0.109. The van der Waals surface area contributed by atoms with E-state index in [4.69, 9.17) is 4.98 Å². The molecule has 8 heteroatoms. The van der Waals surface area contributed by atoms with Gasteiger partial charge in [-0.2, -0.15) is 0 Å². The van der Waals surface area contributed by atoms with E-state index in [1.54, 1.807) is 12.4 Å². The van der Waals surface area contributed by atoms with Gasteiger partial charge in [0, 0.05) is 56.2 Å². The predicted octanol–water partition coefficient (Wildman–Crippen LogP) is 4.15. The van der Waals surface area contributed by atoms with Gasteiger partial charge in [0.05, 0.1) is 0 Å². The van der Waals surface area contributed by atoms with Crippen LogP contribution in [-0.4, -0.2) is 55.0 Å². The number of nitrogens with one attached hydrogen (secondary N) is 2. The molecule has 184 valence electrons. The van der Waals surface area contributed by atoms with Gasteiger partial charge in [0.1, 0.15) is 23.2 Å². The van der Waals surface area contributed by atoms with E-state index in [9.17, 15) is 0 Å². The molecule has 0 amide bonds. The largest absolute Gasteiger partial charge is 0.325 e. The van der Waals surface area contributed by atoms with Crippen molar-refractivity contribution in [3.8, 4) is 11.5 Å². The molecule has 0 bridgehead atoms. The highest BCUT2D eigenvalue weighted by molar-refractivity contribution is 5.56. The highest BCUT2D eigenvalue weighted by atomic mass is 15.2. The van der Waals surface area contributed by atoms with Gasteiger partial charge in [0.2, 0.25) is 0 Å². The number of benzene rings is 1. The molecule has 2 atom stereocenters. The maximum Gasteiger partial charge on any atom is 0.180 e. The summed E-state index contributed by atoms with van der Waals surface area (Å²) in [4.78, 5) is 25.2. The van der Waals surface area contributed by atoms with Crippen molar-refractivity contribution >= 4 is 11.6 Å². The fourth-order valence-electron chi connectivity index (χ4n) is 4.54. The molecule has 1 aliphatic rings. The van der Waals surface area contributed by atoms with Crippen molar-refractivity contribution in [2.45, 2.75) is 45.8 Å². The van der Waals surface area contributed by atoms with Crippen molar-refractivity contribution < 1.29 is 0 Å². The Morgan fingerprint density at radius 2 is 1.53 bits per heavy atom. The van der Waals surface area contributed by atoms with Crippen LogP contribution in [0.5, 0.6) is 0 Å². The number of hydrogen-bond donors (Lipinski definition) is 2. The second-order valence-corrected chi connectivity index (χ2v) is 9.43. The molecular weight excluding hydrogens is 448 g/mol. The molecule has 0 saturated carbocycles. The van der Waals surface area contributed by atoms with E-state index in [1.165, 1.54) is 11.1 Å². The third kappa shape index (κ3) is 5.90. The Kier molecular flexibility index (Phi) is 7.25. The van der Waals surface area contributed by atoms with Crippen molar-refractivity contribution in [1.82, 2.24) is 35.1 Å². The molecule has 36 heavy (non-hydrogen) atoms. The third-order valence-corrected chi connectivity index (χ3v) is 6.50. The Bertz CT molecular complexity index is 1300. The molecular formula is C28H32N8. The summed E-state index contributed by atoms with van der Waals surface area (Å²) in [6.45, 7) is 9.59. The van der Waals surface area contributed by atoms with Gasteiger partial charge in [-0.15, -0.1) is 0 Å². The molecule has 8 nitrogen and oxygen atoms in total. The minimum atomic E-state index is 0.538. The number of pyridine rings is 1. The van der Waals surface area contributed by atoms with E-state index in [1.807, 2.05) is 37.3 Å². The second kappa shape index (κ2) is 10.9. The van der Waals surface area contributed by atoms with Crippen molar-refractivity contribution in [3.05, 3.63) is 89.6 Å². The lowest BCUT2D eigenvalue weighted by Gasteiger charge is -2.39. The maximum absolute atomic E-state index is 4.70. The van der Waals surface area contributed by atoms with Crippen molar-refractivity contribution in [3.63, 3.8) is 0 Å². The number of anilines is 2. The lowest BCUT2D eigenvalue weighted by atomic mass is 10.1. The molecule has 1 aliphatic heterocycles. The van der Waals surface area contributed by atoms with Crippen LogP contribution in [0, 0.1) is 6.92 Å². The van der Waals surface area contributed by atoms with E-state index in [0.717, 1.165) is 36.8 Å². The molecule has 0 unspecified atom stereocenters. The van der Waals surface area contributed by atoms with E-state index in [-0.39, 0.29) is 0 Å². The Labute approximate surface area is 212 Å². The summed E-state index contributed by atoms with van der Waals surface area (Å²) in [7, 11) is 0. The van der Waals surface area contributed by atoms with Gasteiger partial charge < -0.3 is 10.6 Å². The highest BCUT2D eigenvalue weighted by Gasteiger charge is 2.24. The average molecular weight is 481 g/mol. The summed E-state index contributed by atoms with van der Waals surface area (Å²) in [5, 5.41) is 6.77. The molecule has 4 aromatic rings. The zero-order valence-corrected chi connectivity index (χ0v) is 21.0. The Morgan fingerprint density at radius 1 is 0.833 bits per heavy atom. The van der Waals surface area contributed by atoms with Crippen molar-refractivity contribution in [2.75, 3.05) is 18.4 Å². The third-order valence-electron chi connectivity index (χ3n) is 6.50. The van der Waals surface area contributed by atoms with E-state index in [0.29, 0.717) is 36.0 Å². The molecule has 5 rings (SSSR count). The molecule has 2 N–H and O–H groups in total. The summed E-state index contributed by atoms with van der Waals surface area (Å²) < 4.78 is 0. The standard InChI is InChI=1S/C28H32N8/c1-19-5-4-6-24(32-19)28-31-14-12-26(35-28)33-25-11-13-30-27(34-25)15-22-7-9-23(10-8-22)18-36-20(2)16-29-17-21(36)3/h4-14,20-21,29H,15-18H2,1-3H3,(H,30,31,33,34,35)/t20-,21+. The van der Waals surface area contributed by atoms with Gasteiger partial charge in [-0.1, -0.05) is 30.3 Å². The summed E-state index contributed by atoms with van der Waals surface area (Å²) in [5.41, 5.74) is 4.19. The molecule has 1 fully saturated rings. The first-order chi connectivity index (χ1) is 17.5. The van der Waals surface area contributed by atoms with Gasteiger partial charge in [0.25, 0.3) is 0 Å². The molecule has 4 heterocycles. The Balaban J connectivity index is 1.24. The summed E-state index contributed by atoms with van der Waals surface area (Å²) in [6, 6.07) is 19.4. The van der Waals surface area contributed by atoms with Crippen LogP contribution in [0.2, 0.25) is 0 Å². The summed E-state index contributed by atoms with van der Waals surface area (Å²) in [6.07, 6.45) is 4.16. The minimum Gasteiger partial charge on any atom is -0.325 e. The number of aromatic nitrogens is 5. The van der Waals surface area contributed by atoms with Crippen LogP contribution in [0.4, 0.5) is 11.6 Å². The van der Waals surface area contributed by atoms with Crippen molar-refractivity contribution in [1.29, 1.82) is 0 Å². The van der Waals surface area contributed by atoms with Crippen LogP contribution in [-0.2, 0) is 13.0 Å². The first-order valence-corrected chi connectivity index (χ1v) is 12.4. The minimum absolute atomic E-state index is 0.538. The quantitative estimate of drug-likeness (QED) is 0.408. The number of aryl methyl sites for hydroxylation is 1. The van der Waals surface area contributed by atoms with Crippen molar-refractivity contribution in [2.24, 2.45) is 0 Å². The highest BCUT2D eigenvalue weighted by Crippen LogP contribution is 2.19. The second-order valence-electron chi connectivity index (χ2n) is 9.43. The predicted molar refractivity (Wildman–Crippen MR) is 142 cm³/mol. The number of piperazine rings is 1. The topological polar surface area (TPSA) is 91.8 Å². The molecule has 0 aliphatic carbocycles. The average Bonchev–Trinajstić information content (AvgIpc) is 2.88. The zero-order valence-electron chi connectivity index (χ0n) is 21.0. The molecule has 1 aromatic carbocycles. The normalized spacial score (nSPS) is 18.2. The smallest absolute Gasteiger partial charge is 0.180 e. The van der Waals surface area contributed by atoms with Crippen LogP contribution in [0.1, 0.15) is 36.5 Å². The lowest BCUT2D eigenvalue weighted by Crippen LogP contribution is -2.54. The maximum atomic E-state index is 4.70. The fraction of sp³-hybridized carbons (Fsp3) is 0.321. The monoisotopic (exact) mass is 480 g/mol. The van der Waals surface area contributed by atoms with Crippen LogP contribution < -0.4 is 10.6 Å². The number of nitrogens with zero attached hydrogens (tertiary/aromatic N) is 6. The molecule has 0 radical (unpaired) electrons. The van der Waals surface area contributed by atoms with E-state index >= 15 is 0 Å². The van der Waals surface area contributed by atoms with E-state index in [2.05, 4.69) is 73.6 Å². The first-order valence-electron chi connectivity index (χ1n) is 12.4. The zero-order chi connectivity index (χ0) is 24.9. The van der Waals surface area contributed by atoms with Gasteiger partial charge in [-0.25, -0.2) is 24.9 Å². The van der Waals surface area contributed by atoms with E-state index < -0.39 is 0 Å². The molecule has 0 spiro atoms. The van der Waals surface area contributed by atoms with Gasteiger partial charge in [-0.3, -0.25) is 4.90 Å². The number of hydrogen-bond acceptors (Lipinski definition) is 8. The molecule has 3 aromatic heterocycles. The van der Waals surface area contributed by atoms with Crippen LogP contribution in [0.25, 0.3) is 11.5 Å². The fourth-order valence-corrected chi connectivity index (χ4v) is 4.54. The number of rotatable bonds is 7. The van der Waals surface area contributed by atoms with Crippen LogP contribution in [0.3, 0.4) is 0 Å². The van der Waals surface area contributed by atoms with Crippen LogP contribution in [0.15, 0.2) is 67.0 Å². The molecule has 1 saturated heterocycles. The Hall–Kier alpha value is -3.75. The summed E-state index contributed by atoms with van der Waals surface area (Å²) >= 11 is 0. The van der Waals surface area contributed by atoms with Gasteiger partial charge in [0.15, 0.2) is 5.82 Å². The Morgan fingerprint density at radius 3 is 2.28 bits per heavy atom. The first kappa shape index (κ1) is 24.0. The SMILES string of the molecule is Cc1cccc(-c2nccc(Nc3ccnc(Cc4ccc(CN5[C@H](C)CNC[C@@H]5C)cc4)n3)n2)n1. The van der Waals surface area contributed by atoms with Gasteiger partial charge >= 0.3 is 0 Å². The van der Waals surface area contributed by atoms with Crippen LogP contribution >= 0.6 is 0 Å². The van der Waals surface area contributed by atoms with Gasteiger partial charge in [-0.05, 0) is 56.2 Å².